The lowest BCUT2D eigenvalue weighted by Crippen LogP contribution is -2.54. The maximum Gasteiger partial charge on any atom is 0.471 e. The van der Waals surface area contributed by atoms with Crippen molar-refractivity contribution < 1.29 is 32.5 Å². The molecule has 0 radical (unpaired) electrons. The second-order valence-corrected chi connectivity index (χ2v) is 3.38. The van der Waals surface area contributed by atoms with Gasteiger partial charge in [-0.2, -0.15) is 13.2 Å². The van der Waals surface area contributed by atoms with Gasteiger partial charge in [0.2, 0.25) is 0 Å². The molecular weight excluding hydrogens is 255 g/mol. The molecule has 0 aromatic carbocycles. The quantitative estimate of drug-likeness (QED) is 0.781. The molecule has 108 valence electrons. The highest BCUT2D eigenvalue weighted by atomic mass is 19.4. The number of hydrogen-bond acceptors (Lipinski definition) is 4. The fourth-order valence-corrected chi connectivity index (χ4v) is 1.39. The first-order valence-electron chi connectivity index (χ1n) is 5.54. The number of rotatable bonds is 2. The number of aliphatic hydroxyl groups is 1. The topological polar surface area (TPSA) is 67.8 Å². The van der Waals surface area contributed by atoms with Gasteiger partial charge in [-0.3, -0.25) is 4.79 Å². The molecule has 0 bridgehead atoms. The lowest BCUT2D eigenvalue weighted by Gasteiger charge is -2.33. The van der Waals surface area contributed by atoms with Crippen molar-refractivity contribution in [3.63, 3.8) is 0 Å². The largest absolute Gasteiger partial charge is 0.471 e. The number of methoxy groups -OCH3 is 1. The van der Waals surface area contributed by atoms with Crippen molar-refractivity contribution in [2.45, 2.75) is 44.9 Å². The van der Waals surface area contributed by atoms with Crippen molar-refractivity contribution in [2.75, 3.05) is 13.7 Å². The van der Waals surface area contributed by atoms with Gasteiger partial charge in [0.15, 0.2) is 6.29 Å². The molecule has 1 amide bonds. The highest BCUT2D eigenvalue weighted by Crippen LogP contribution is 2.19. The molecule has 1 fully saturated rings. The number of carbonyl (C=O) groups is 1. The van der Waals surface area contributed by atoms with E-state index in [0.29, 0.717) is 0 Å². The number of aliphatic hydroxyl groups excluding tert-OH is 1. The Hall–Kier alpha value is -0.860. The Morgan fingerprint density at radius 3 is 2.44 bits per heavy atom. The molecule has 3 atom stereocenters. The van der Waals surface area contributed by atoms with Gasteiger partial charge < -0.3 is 19.9 Å². The molecule has 2 N–H and O–H groups in total. The van der Waals surface area contributed by atoms with Crippen molar-refractivity contribution in [1.82, 2.24) is 5.32 Å². The molecule has 1 unspecified atom stereocenters. The molecule has 8 heteroatoms. The van der Waals surface area contributed by atoms with Crippen molar-refractivity contribution in [1.29, 1.82) is 0 Å². The Bertz CT molecular complexity index is 260. The molecule has 0 spiro atoms. The van der Waals surface area contributed by atoms with Gasteiger partial charge in [0.25, 0.3) is 0 Å². The molecular formula is C10H18F3NO4. The number of nitrogens with one attached hydrogen (secondary N) is 1. The standard InChI is InChI=1S/C8H12F3NO4.C2H6/c1-15-5-3-16-6(13)2-4(5)12-7(14)8(9,10)11;1-2/h4-6,13H,2-3H2,1H3,(H,12,14);1-2H3/t4-,5+,6?;/m0./s1. The van der Waals surface area contributed by atoms with Crippen LogP contribution in [-0.2, 0) is 14.3 Å². The van der Waals surface area contributed by atoms with Gasteiger partial charge in [0.1, 0.15) is 6.10 Å². The van der Waals surface area contributed by atoms with Crippen molar-refractivity contribution in [2.24, 2.45) is 0 Å². The summed E-state index contributed by atoms with van der Waals surface area (Å²) in [5.41, 5.74) is 0. The Balaban J connectivity index is 0.00000137. The van der Waals surface area contributed by atoms with E-state index in [-0.39, 0.29) is 13.0 Å². The van der Waals surface area contributed by atoms with Crippen LogP contribution in [0.15, 0.2) is 0 Å². The Morgan fingerprint density at radius 1 is 1.44 bits per heavy atom. The summed E-state index contributed by atoms with van der Waals surface area (Å²) in [6.07, 6.45) is -6.97. The van der Waals surface area contributed by atoms with Crippen LogP contribution in [0.1, 0.15) is 20.3 Å². The first-order chi connectivity index (χ1) is 8.34. The van der Waals surface area contributed by atoms with Gasteiger partial charge in [-0.15, -0.1) is 0 Å². The zero-order valence-electron chi connectivity index (χ0n) is 10.5. The number of ether oxygens (including phenoxy) is 2. The first kappa shape index (κ1) is 17.1. The van der Waals surface area contributed by atoms with E-state index in [0.717, 1.165) is 0 Å². The zero-order valence-corrected chi connectivity index (χ0v) is 10.5. The summed E-state index contributed by atoms with van der Waals surface area (Å²) in [6, 6.07) is -0.914. The molecule has 1 saturated heterocycles. The third-order valence-corrected chi connectivity index (χ3v) is 2.23. The Kier molecular flexibility index (Phi) is 7.19. The van der Waals surface area contributed by atoms with Crippen molar-refractivity contribution >= 4 is 5.91 Å². The molecule has 0 aromatic heterocycles. The van der Waals surface area contributed by atoms with Crippen LogP contribution in [0.4, 0.5) is 13.2 Å². The molecule has 0 saturated carbocycles. The molecule has 18 heavy (non-hydrogen) atoms. The van der Waals surface area contributed by atoms with Crippen LogP contribution >= 0.6 is 0 Å². The second kappa shape index (κ2) is 7.55. The summed E-state index contributed by atoms with van der Waals surface area (Å²) in [7, 11) is 1.29. The highest BCUT2D eigenvalue weighted by molar-refractivity contribution is 5.82. The summed E-state index contributed by atoms with van der Waals surface area (Å²) in [5.74, 6) is -2.05. The minimum absolute atomic E-state index is 0.0690. The number of amides is 1. The molecule has 1 heterocycles. The third-order valence-electron chi connectivity index (χ3n) is 2.23. The van der Waals surface area contributed by atoms with Crippen LogP contribution in [0.2, 0.25) is 0 Å². The van der Waals surface area contributed by atoms with E-state index < -0.39 is 30.5 Å². The Labute approximate surface area is 103 Å². The van der Waals surface area contributed by atoms with E-state index in [1.165, 1.54) is 7.11 Å². The normalized spacial score (nSPS) is 28.1. The molecule has 1 rings (SSSR count). The third kappa shape index (κ3) is 5.19. The number of hydrogen-bond donors (Lipinski definition) is 2. The second-order valence-electron chi connectivity index (χ2n) is 3.38. The van der Waals surface area contributed by atoms with Gasteiger partial charge in [0, 0.05) is 13.5 Å². The van der Waals surface area contributed by atoms with Crippen molar-refractivity contribution in [3.05, 3.63) is 0 Å². The van der Waals surface area contributed by atoms with Gasteiger partial charge >= 0.3 is 12.1 Å². The maximum atomic E-state index is 12.0. The van der Waals surface area contributed by atoms with Gasteiger partial charge in [-0.25, -0.2) is 0 Å². The number of carbonyl (C=O) groups excluding carboxylic acids is 1. The van der Waals surface area contributed by atoms with Crippen LogP contribution in [-0.4, -0.2) is 49.3 Å². The SMILES string of the molecule is CC.CO[C@@H]1COC(O)C[C@@H]1NC(=O)C(F)(F)F. The van der Waals surface area contributed by atoms with Gasteiger partial charge in [-0.05, 0) is 0 Å². The molecule has 5 nitrogen and oxygen atoms in total. The van der Waals surface area contributed by atoms with E-state index in [2.05, 4.69) is 0 Å². The van der Waals surface area contributed by atoms with Crippen LogP contribution < -0.4 is 5.32 Å². The maximum absolute atomic E-state index is 12.0. The smallest absolute Gasteiger partial charge is 0.377 e. The average Bonchev–Trinajstić information content (AvgIpc) is 2.31. The highest BCUT2D eigenvalue weighted by Gasteiger charge is 2.42. The molecule has 0 aromatic rings. The fourth-order valence-electron chi connectivity index (χ4n) is 1.39. The summed E-state index contributed by atoms with van der Waals surface area (Å²) in [6.45, 7) is 3.93. The predicted octanol–water partition coefficient (Wildman–Crippen LogP) is 0.813. The summed E-state index contributed by atoms with van der Waals surface area (Å²) >= 11 is 0. The summed E-state index contributed by atoms with van der Waals surface area (Å²) in [4.78, 5) is 10.7. The van der Waals surface area contributed by atoms with E-state index in [1.54, 1.807) is 5.32 Å². The average molecular weight is 273 g/mol. The predicted molar refractivity (Wildman–Crippen MR) is 56.7 cm³/mol. The number of alkyl halides is 3. The van der Waals surface area contributed by atoms with Crippen LogP contribution in [0.25, 0.3) is 0 Å². The lowest BCUT2D eigenvalue weighted by molar-refractivity contribution is -0.188. The number of halogens is 3. The van der Waals surface area contributed by atoms with E-state index in [4.69, 9.17) is 14.6 Å². The molecule has 0 aliphatic carbocycles. The zero-order chi connectivity index (χ0) is 14.3. The minimum Gasteiger partial charge on any atom is -0.377 e. The van der Waals surface area contributed by atoms with Crippen LogP contribution in [0.5, 0.6) is 0 Å². The summed E-state index contributed by atoms with van der Waals surface area (Å²) in [5, 5.41) is 10.9. The monoisotopic (exact) mass is 273 g/mol. The lowest BCUT2D eigenvalue weighted by atomic mass is 10.1. The van der Waals surface area contributed by atoms with Gasteiger partial charge in [0.05, 0.1) is 12.6 Å². The van der Waals surface area contributed by atoms with Crippen LogP contribution in [0.3, 0.4) is 0 Å². The minimum atomic E-state index is -4.94. The van der Waals surface area contributed by atoms with E-state index >= 15 is 0 Å². The molecule has 1 aliphatic heterocycles. The van der Waals surface area contributed by atoms with Gasteiger partial charge in [-0.1, -0.05) is 13.8 Å². The van der Waals surface area contributed by atoms with Crippen LogP contribution in [0, 0.1) is 0 Å². The Morgan fingerprint density at radius 2 is 2.00 bits per heavy atom. The summed E-state index contributed by atoms with van der Waals surface area (Å²) < 4.78 is 45.6. The first-order valence-corrected chi connectivity index (χ1v) is 5.54. The molecule has 1 aliphatic rings. The van der Waals surface area contributed by atoms with Crippen molar-refractivity contribution in [3.8, 4) is 0 Å². The van der Waals surface area contributed by atoms with E-state index in [1.807, 2.05) is 13.8 Å². The van der Waals surface area contributed by atoms with E-state index in [9.17, 15) is 18.0 Å². The fraction of sp³-hybridized carbons (Fsp3) is 0.900.